The summed E-state index contributed by atoms with van der Waals surface area (Å²) in [6.45, 7) is 2.57. The molecule has 0 amide bonds. The Labute approximate surface area is 130 Å². The molecule has 7 nitrogen and oxygen atoms in total. The molecular formula is C12H21ClN4O3S. The van der Waals surface area contributed by atoms with E-state index in [-0.39, 0.29) is 15.5 Å². The lowest BCUT2D eigenvalue weighted by Gasteiger charge is -2.37. The van der Waals surface area contributed by atoms with Gasteiger partial charge in [-0.25, -0.2) is 13.1 Å². The molecule has 0 saturated carbocycles. The average molecular weight is 337 g/mol. The Kier molecular flexibility index (Phi) is 5.26. The standard InChI is InChI=1S/C12H21ClN4O3S/c1-17-11(10(13)7-15-17)21(18,19)16-8-12(9-20-2)3-5-14-6-4-12/h7,14,16H,3-6,8-9H2,1-2H3. The van der Waals surface area contributed by atoms with Crippen LogP contribution in [0.2, 0.25) is 5.02 Å². The summed E-state index contributed by atoms with van der Waals surface area (Å²) in [6.07, 6.45) is 3.05. The normalized spacial score (nSPS) is 18.8. The number of rotatable bonds is 6. The third-order valence-electron chi connectivity index (χ3n) is 3.85. The fraction of sp³-hybridized carbons (Fsp3) is 0.750. The predicted molar refractivity (Wildman–Crippen MR) is 79.8 cm³/mol. The molecule has 0 bridgehead atoms. The number of hydrogen-bond donors (Lipinski definition) is 2. The van der Waals surface area contributed by atoms with Gasteiger partial charge in [0, 0.05) is 26.1 Å². The lowest BCUT2D eigenvalue weighted by molar-refractivity contribution is 0.0577. The van der Waals surface area contributed by atoms with Gasteiger partial charge in [0.15, 0.2) is 5.03 Å². The molecule has 0 aromatic carbocycles. The van der Waals surface area contributed by atoms with Crippen molar-refractivity contribution in [1.82, 2.24) is 19.8 Å². The highest BCUT2D eigenvalue weighted by Crippen LogP contribution is 2.29. The molecule has 120 valence electrons. The van der Waals surface area contributed by atoms with Crippen LogP contribution in [-0.2, 0) is 21.8 Å². The van der Waals surface area contributed by atoms with Crippen LogP contribution in [0.4, 0.5) is 0 Å². The van der Waals surface area contributed by atoms with E-state index in [0.29, 0.717) is 13.2 Å². The van der Waals surface area contributed by atoms with Gasteiger partial charge in [-0.3, -0.25) is 4.68 Å². The first-order chi connectivity index (χ1) is 9.90. The van der Waals surface area contributed by atoms with Crippen molar-refractivity contribution in [3.63, 3.8) is 0 Å². The van der Waals surface area contributed by atoms with Crippen molar-refractivity contribution in [2.45, 2.75) is 17.9 Å². The van der Waals surface area contributed by atoms with Gasteiger partial charge in [0.2, 0.25) is 0 Å². The Bertz CT molecular complexity index is 556. The Balaban J connectivity index is 2.13. The fourth-order valence-electron chi connectivity index (χ4n) is 2.65. The zero-order chi connectivity index (χ0) is 15.5. The van der Waals surface area contributed by atoms with E-state index < -0.39 is 10.0 Å². The second-order valence-corrected chi connectivity index (χ2v) is 7.52. The van der Waals surface area contributed by atoms with Crippen molar-refractivity contribution in [3.05, 3.63) is 11.2 Å². The van der Waals surface area contributed by atoms with Crippen LogP contribution >= 0.6 is 11.6 Å². The minimum atomic E-state index is -3.69. The molecule has 2 heterocycles. The Morgan fingerprint density at radius 3 is 2.71 bits per heavy atom. The molecule has 1 aromatic rings. The van der Waals surface area contributed by atoms with Crippen LogP contribution in [0.3, 0.4) is 0 Å². The number of aromatic nitrogens is 2. The minimum Gasteiger partial charge on any atom is -0.384 e. The topological polar surface area (TPSA) is 85.2 Å². The van der Waals surface area contributed by atoms with Gasteiger partial charge in [0.25, 0.3) is 10.0 Å². The van der Waals surface area contributed by atoms with Crippen molar-refractivity contribution in [2.75, 3.05) is 33.4 Å². The van der Waals surface area contributed by atoms with Crippen molar-refractivity contribution in [2.24, 2.45) is 12.5 Å². The highest BCUT2D eigenvalue weighted by Gasteiger charge is 2.34. The van der Waals surface area contributed by atoms with E-state index in [1.54, 1.807) is 14.2 Å². The number of sulfonamides is 1. The Morgan fingerprint density at radius 1 is 1.52 bits per heavy atom. The molecule has 21 heavy (non-hydrogen) atoms. The van der Waals surface area contributed by atoms with Gasteiger partial charge in [-0.2, -0.15) is 5.10 Å². The molecular weight excluding hydrogens is 316 g/mol. The maximum atomic E-state index is 12.4. The first kappa shape index (κ1) is 16.7. The minimum absolute atomic E-state index is 0.00864. The monoisotopic (exact) mass is 336 g/mol. The SMILES string of the molecule is COCC1(CNS(=O)(=O)c2c(Cl)cnn2C)CCNCC1. The number of hydrogen-bond acceptors (Lipinski definition) is 5. The molecule has 1 fully saturated rings. The second-order valence-electron chi connectivity index (χ2n) is 5.43. The first-order valence-corrected chi connectivity index (χ1v) is 8.63. The van der Waals surface area contributed by atoms with Crippen molar-refractivity contribution >= 4 is 21.6 Å². The number of ether oxygens (including phenoxy) is 1. The second kappa shape index (κ2) is 6.62. The van der Waals surface area contributed by atoms with Gasteiger partial charge in [0.05, 0.1) is 17.8 Å². The van der Waals surface area contributed by atoms with Gasteiger partial charge >= 0.3 is 0 Å². The molecule has 1 aromatic heterocycles. The summed E-state index contributed by atoms with van der Waals surface area (Å²) >= 11 is 5.91. The number of halogens is 1. The van der Waals surface area contributed by atoms with Crippen LogP contribution in [0.25, 0.3) is 0 Å². The zero-order valence-electron chi connectivity index (χ0n) is 12.2. The van der Waals surface area contributed by atoms with Crippen LogP contribution in [-0.4, -0.2) is 51.5 Å². The van der Waals surface area contributed by atoms with Crippen molar-refractivity contribution in [3.8, 4) is 0 Å². The van der Waals surface area contributed by atoms with Gasteiger partial charge in [-0.05, 0) is 25.9 Å². The molecule has 2 N–H and O–H groups in total. The molecule has 1 aliphatic rings. The third-order valence-corrected chi connectivity index (χ3v) is 5.76. The smallest absolute Gasteiger partial charge is 0.259 e. The lowest BCUT2D eigenvalue weighted by Crippen LogP contribution is -2.47. The fourth-order valence-corrected chi connectivity index (χ4v) is 4.46. The van der Waals surface area contributed by atoms with E-state index in [0.717, 1.165) is 25.9 Å². The molecule has 0 unspecified atom stereocenters. The quantitative estimate of drug-likeness (QED) is 0.784. The zero-order valence-corrected chi connectivity index (χ0v) is 13.8. The van der Waals surface area contributed by atoms with Crippen LogP contribution < -0.4 is 10.0 Å². The summed E-state index contributed by atoms with van der Waals surface area (Å²) < 4.78 is 34.0. The highest BCUT2D eigenvalue weighted by molar-refractivity contribution is 7.89. The highest BCUT2D eigenvalue weighted by atomic mass is 35.5. The van der Waals surface area contributed by atoms with E-state index >= 15 is 0 Å². The van der Waals surface area contributed by atoms with E-state index in [4.69, 9.17) is 16.3 Å². The van der Waals surface area contributed by atoms with Crippen LogP contribution in [0.1, 0.15) is 12.8 Å². The van der Waals surface area contributed by atoms with Crippen LogP contribution in [0.15, 0.2) is 11.2 Å². The number of nitrogens with zero attached hydrogens (tertiary/aromatic N) is 2. The lowest BCUT2D eigenvalue weighted by atomic mass is 9.80. The molecule has 0 radical (unpaired) electrons. The molecule has 9 heteroatoms. The van der Waals surface area contributed by atoms with Gasteiger partial charge in [-0.15, -0.1) is 0 Å². The first-order valence-electron chi connectivity index (χ1n) is 6.77. The van der Waals surface area contributed by atoms with Crippen molar-refractivity contribution in [1.29, 1.82) is 0 Å². The van der Waals surface area contributed by atoms with E-state index in [2.05, 4.69) is 15.1 Å². The predicted octanol–water partition coefficient (Wildman–Crippen LogP) is 0.368. The van der Waals surface area contributed by atoms with E-state index in [1.165, 1.54) is 10.9 Å². The molecule has 0 atom stereocenters. The number of methoxy groups -OCH3 is 1. The molecule has 2 rings (SSSR count). The maximum absolute atomic E-state index is 12.4. The summed E-state index contributed by atoms with van der Waals surface area (Å²) in [4.78, 5) is 0. The van der Waals surface area contributed by atoms with E-state index in [9.17, 15) is 8.42 Å². The van der Waals surface area contributed by atoms with Crippen LogP contribution in [0, 0.1) is 5.41 Å². The summed E-state index contributed by atoms with van der Waals surface area (Å²) in [7, 11) is -0.505. The molecule has 0 spiro atoms. The molecule has 0 aliphatic carbocycles. The third kappa shape index (κ3) is 3.75. The van der Waals surface area contributed by atoms with Crippen molar-refractivity contribution < 1.29 is 13.2 Å². The summed E-state index contributed by atoms with van der Waals surface area (Å²) in [5, 5.41) is 7.25. The number of aryl methyl sites for hydroxylation is 1. The number of piperidine rings is 1. The summed E-state index contributed by atoms with van der Waals surface area (Å²) in [6, 6.07) is 0. The summed E-state index contributed by atoms with van der Waals surface area (Å²) in [5.41, 5.74) is -0.182. The summed E-state index contributed by atoms with van der Waals surface area (Å²) in [5.74, 6) is 0. The largest absolute Gasteiger partial charge is 0.384 e. The van der Waals surface area contributed by atoms with Gasteiger partial charge in [-0.1, -0.05) is 11.6 Å². The van der Waals surface area contributed by atoms with Gasteiger partial charge in [0.1, 0.15) is 0 Å². The number of nitrogens with one attached hydrogen (secondary N) is 2. The van der Waals surface area contributed by atoms with Gasteiger partial charge < -0.3 is 10.1 Å². The Morgan fingerprint density at radius 2 is 2.19 bits per heavy atom. The maximum Gasteiger partial charge on any atom is 0.259 e. The van der Waals surface area contributed by atoms with Crippen LogP contribution in [0.5, 0.6) is 0 Å². The average Bonchev–Trinajstić information content (AvgIpc) is 2.78. The molecule has 1 saturated heterocycles. The Hall–Kier alpha value is -0.670. The molecule has 1 aliphatic heterocycles. The van der Waals surface area contributed by atoms with E-state index in [1.807, 2.05) is 0 Å².